The standard InChI is InChI=1S/C14H14N8O4S3.Na/c1-6-17-18-14(29-6)28-4-7-3-27-12-9(11(24)22(12)10(7)13(25)26)16-8(23)2-21-5-15-19-20-21;/h5,9,12H,2-4H2,1H3,(H,16,23)(H,25,26);/q;+1/p-1/t9-,12?;/m1./s1. The number of aliphatic carboxylic acids is 1. The second-order valence-corrected chi connectivity index (χ2v) is 9.59. The van der Waals surface area contributed by atoms with Gasteiger partial charge in [-0.3, -0.25) is 14.5 Å². The summed E-state index contributed by atoms with van der Waals surface area (Å²) in [7, 11) is 0. The summed E-state index contributed by atoms with van der Waals surface area (Å²) in [5, 5.41) is 33.1. The third-order valence-corrected chi connectivity index (χ3v) is 7.53. The third kappa shape index (κ3) is 4.70. The number of thioether (sulfide) groups is 2. The van der Waals surface area contributed by atoms with Gasteiger partial charge in [0.1, 0.15) is 29.3 Å². The number of carboxylic acids is 1. The van der Waals surface area contributed by atoms with Crippen molar-refractivity contribution < 1.29 is 49.0 Å². The fourth-order valence-corrected chi connectivity index (χ4v) is 6.19. The maximum absolute atomic E-state index is 12.6. The zero-order chi connectivity index (χ0) is 20.5. The summed E-state index contributed by atoms with van der Waals surface area (Å²) in [4.78, 5) is 37.6. The van der Waals surface area contributed by atoms with Crippen LogP contribution in [0.2, 0.25) is 0 Å². The molecule has 0 aliphatic carbocycles. The van der Waals surface area contributed by atoms with Gasteiger partial charge in [0, 0.05) is 11.5 Å². The Morgan fingerprint density at radius 2 is 2.20 bits per heavy atom. The number of rotatable bonds is 7. The molecule has 0 saturated carbocycles. The molecule has 12 nitrogen and oxygen atoms in total. The van der Waals surface area contributed by atoms with Crippen LogP contribution in [0.5, 0.6) is 0 Å². The van der Waals surface area contributed by atoms with Crippen molar-refractivity contribution in [3.63, 3.8) is 0 Å². The van der Waals surface area contributed by atoms with Crippen molar-refractivity contribution >= 4 is 52.6 Å². The number of hydrogen-bond donors (Lipinski definition) is 1. The minimum absolute atomic E-state index is 0. The smallest absolute Gasteiger partial charge is 0.543 e. The van der Waals surface area contributed by atoms with Crippen molar-refractivity contribution in [2.24, 2.45) is 0 Å². The van der Waals surface area contributed by atoms with Crippen LogP contribution >= 0.6 is 34.9 Å². The molecular weight excluding hydrogens is 463 g/mol. The first-order valence-electron chi connectivity index (χ1n) is 8.25. The Bertz CT molecular complexity index is 997. The normalized spacial score (nSPS) is 20.3. The fraction of sp³-hybridized carbons (Fsp3) is 0.429. The van der Waals surface area contributed by atoms with E-state index in [1.165, 1.54) is 50.8 Å². The molecule has 16 heteroatoms. The Morgan fingerprint density at radius 1 is 1.40 bits per heavy atom. The van der Waals surface area contributed by atoms with Crippen LogP contribution in [0.4, 0.5) is 0 Å². The van der Waals surface area contributed by atoms with Crippen molar-refractivity contribution in [1.82, 2.24) is 40.6 Å². The first-order valence-corrected chi connectivity index (χ1v) is 11.1. The van der Waals surface area contributed by atoms with Gasteiger partial charge < -0.3 is 15.2 Å². The number of β-lactam (4-membered cyclic amide) rings is 1. The Morgan fingerprint density at radius 3 is 2.83 bits per heavy atom. The van der Waals surface area contributed by atoms with Crippen LogP contribution in [-0.4, -0.2) is 76.0 Å². The van der Waals surface area contributed by atoms with Crippen LogP contribution < -0.4 is 40.0 Å². The molecule has 2 aliphatic heterocycles. The van der Waals surface area contributed by atoms with Gasteiger partial charge in [0.05, 0.1) is 11.7 Å². The van der Waals surface area contributed by atoms with E-state index in [1.807, 2.05) is 6.92 Å². The van der Waals surface area contributed by atoms with Crippen molar-refractivity contribution in [3.8, 4) is 0 Å². The molecule has 2 atom stereocenters. The second-order valence-electron chi connectivity index (χ2n) is 6.08. The van der Waals surface area contributed by atoms with E-state index in [9.17, 15) is 19.5 Å². The summed E-state index contributed by atoms with van der Waals surface area (Å²) in [6.45, 7) is 1.70. The largest absolute Gasteiger partial charge is 1.00 e. The van der Waals surface area contributed by atoms with Gasteiger partial charge in [-0.05, 0) is 22.9 Å². The van der Waals surface area contributed by atoms with E-state index in [4.69, 9.17) is 0 Å². The van der Waals surface area contributed by atoms with Crippen molar-refractivity contribution in [2.45, 2.75) is 29.2 Å². The Hall–Kier alpha value is -1.52. The number of nitrogens with zero attached hydrogens (tertiary/aromatic N) is 7. The molecule has 30 heavy (non-hydrogen) atoms. The zero-order valence-electron chi connectivity index (χ0n) is 15.8. The molecule has 0 radical (unpaired) electrons. The van der Waals surface area contributed by atoms with Gasteiger partial charge in [0.15, 0.2) is 4.34 Å². The maximum Gasteiger partial charge on any atom is 1.00 e. The number of tetrazole rings is 1. The molecule has 2 amide bonds. The predicted molar refractivity (Wildman–Crippen MR) is 100 cm³/mol. The van der Waals surface area contributed by atoms with Gasteiger partial charge in [-0.25, -0.2) is 4.68 Å². The summed E-state index contributed by atoms with van der Waals surface area (Å²) in [5.41, 5.74) is 0.453. The van der Waals surface area contributed by atoms with Crippen LogP contribution in [0.1, 0.15) is 5.01 Å². The predicted octanol–water partition coefficient (Wildman–Crippen LogP) is -4.97. The minimum Gasteiger partial charge on any atom is -0.543 e. The number of nitrogens with one attached hydrogen (secondary N) is 1. The van der Waals surface area contributed by atoms with Gasteiger partial charge >= 0.3 is 29.6 Å². The zero-order valence-corrected chi connectivity index (χ0v) is 20.3. The fourth-order valence-electron chi connectivity index (χ4n) is 2.89. The average molecular weight is 477 g/mol. The molecule has 4 rings (SSSR count). The monoisotopic (exact) mass is 476 g/mol. The number of amides is 2. The number of aryl methyl sites for hydroxylation is 1. The van der Waals surface area contributed by atoms with Gasteiger partial charge in [-0.2, -0.15) is 0 Å². The summed E-state index contributed by atoms with van der Waals surface area (Å²) in [6, 6.07) is -0.807. The van der Waals surface area contributed by atoms with E-state index in [2.05, 4.69) is 31.0 Å². The Balaban J connectivity index is 0.00000256. The van der Waals surface area contributed by atoms with Gasteiger partial charge in [-0.15, -0.1) is 27.1 Å². The summed E-state index contributed by atoms with van der Waals surface area (Å²) >= 11 is 4.17. The number of carbonyl (C=O) groups is 3. The van der Waals surface area contributed by atoms with E-state index in [0.717, 1.165) is 9.35 Å². The topological polar surface area (TPSA) is 159 Å². The number of carboxylic acid groups (broad SMARTS) is 1. The number of carbonyl (C=O) groups excluding carboxylic acids is 3. The van der Waals surface area contributed by atoms with Gasteiger partial charge in [0.2, 0.25) is 5.91 Å². The SMILES string of the molecule is Cc1nnc(SCC2=C(C(=O)[O-])N3C(=O)[C@@H](NC(=O)Cn4cnnn4)C3SC2)s1.[Na+]. The van der Waals surface area contributed by atoms with Crippen molar-refractivity contribution in [1.29, 1.82) is 0 Å². The van der Waals surface area contributed by atoms with E-state index < -0.39 is 29.2 Å². The summed E-state index contributed by atoms with van der Waals surface area (Å²) < 4.78 is 1.95. The first kappa shape index (κ1) is 23.1. The van der Waals surface area contributed by atoms with Crippen LogP contribution in [0.15, 0.2) is 21.9 Å². The molecule has 1 fully saturated rings. The van der Waals surface area contributed by atoms with E-state index in [1.54, 1.807) is 0 Å². The number of fused-ring (bicyclic) bond motifs is 1. The molecule has 1 unspecified atom stereocenters. The molecule has 4 heterocycles. The average Bonchev–Trinajstić information content (AvgIpc) is 3.35. The summed E-state index contributed by atoms with van der Waals surface area (Å²) in [5.74, 6) is -1.57. The Labute approximate surface area is 204 Å². The molecule has 0 spiro atoms. The van der Waals surface area contributed by atoms with E-state index >= 15 is 0 Å². The van der Waals surface area contributed by atoms with E-state index in [0.29, 0.717) is 17.1 Å². The first-order chi connectivity index (χ1) is 13.9. The molecular formula is C14H13N8NaO4S3. The molecule has 1 saturated heterocycles. The minimum atomic E-state index is -1.41. The maximum atomic E-state index is 12.6. The number of aromatic nitrogens is 6. The molecule has 2 aliphatic rings. The molecule has 0 bridgehead atoms. The van der Waals surface area contributed by atoms with Crippen molar-refractivity contribution in [3.05, 3.63) is 22.6 Å². The molecule has 2 aromatic rings. The van der Waals surface area contributed by atoms with Crippen molar-refractivity contribution in [2.75, 3.05) is 11.5 Å². The second kappa shape index (κ2) is 9.74. The van der Waals surface area contributed by atoms with Crippen LogP contribution in [0.3, 0.4) is 0 Å². The quantitative estimate of drug-likeness (QED) is 0.232. The number of hydrogen-bond acceptors (Lipinski definition) is 12. The van der Waals surface area contributed by atoms with Gasteiger partial charge in [-0.1, -0.05) is 23.1 Å². The van der Waals surface area contributed by atoms with Crippen LogP contribution in [-0.2, 0) is 20.9 Å². The molecule has 152 valence electrons. The third-order valence-electron chi connectivity index (χ3n) is 4.13. The molecule has 1 N–H and O–H groups in total. The van der Waals surface area contributed by atoms with Crippen LogP contribution in [0, 0.1) is 6.92 Å². The van der Waals surface area contributed by atoms with Gasteiger partial charge in [0.25, 0.3) is 5.91 Å². The molecule has 0 aromatic carbocycles. The summed E-state index contributed by atoms with van der Waals surface area (Å²) in [6.07, 6.45) is 1.28. The molecule has 2 aromatic heterocycles. The van der Waals surface area contributed by atoms with E-state index in [-0.39, 0.29) is 41.8 Å². The Kier molecular flexibility index (Phi) is 7.52. The van der Waals surface area contributed by atoms with Crippen LogP contribution in [0.25, 0.3) is 0 Å².